The van der Waals surface area contributed by atoms with E-state index < -0.39 is 5.82 Å². The number of pyridine rings is 1. The van der Waals surface area contributed by atoms with Gasteiger partial charge in [-0.15, -0.1) is 0 Å². The van der Waals surface area contributed by atoms with Crippen LogP contribution in [0.3, 0.4) is 0 Å². The zero-order chi connectivity index (χ0) is 26.6. The summed E-state index contributed by atoms with van der Waals surface area (Å²) in [6.07, 6.45) is 6.87. The van der Waals surface area contributed by atoms with Gasteiger partial charge in [0.25, 0.3) is 5.91 Å². The molecular formula is C30H32Cl2FN3O2. The average Bonchev–Trinajstić information content (AvgIpc) is 3.49. The third kappa shape index (κ3) is 5.98. The summed E-state index contributed by atoms with van der Waals surface area (Å²) >= 11 is 12.3. The SMILES string of the molecule is Cc1ncc(-c2ccc(C(=O)N3CCC(N4CCCC4)CC3)cc2)cc1OCCc1c(Cl)ccc(F)c1Cl. The van der Waals surface area contributed by atoms with Crippen molar-refractivity contribution in [3.63, 3.8) is 0 Å². The molecule has 2 aliphatic rings. The minimum Gasteiger partial charge on any atom is -0.491 e. The topological polar surface area (TPSA) is 45.7 Å². The Bertz CT molecular complexity index is 1290. The molecule has 0 radical (unpaired) electrons. The Balaban J connectivity index is 1.20. The van der Waals surface area contributed by atoms with E-state index >= 15 is 0 Å². The zero-order valence-corrected chi connectivity index (χ0v) is 23.1. The van der Waals surface area contributed by atoms with E-state index in [0.29, 0.717) is 34.4 Å². The van der Waals surface area contributed by atoms with Crippen LogP contribution in [0.15, 0.2) is 48.7 Å². The highest BCUT2D eigenvalue weighted by molar-refractivity contribution is 6.36. The van der Waals surface area contributed by atoms with Crippen LogP contribution in [0.4, 0.5) is 4.39 Å². The standard InChI is InChI=1S/C30H32Cl2FN3O2/c1-20-28(38-17-12-25-26(31)8-9-27(33)29(25)32)18-23(19-34-20)21-4-6-22(7-5-21)30(37)36-15-10-24(11-16-36)35-13-2-3-14-35/h4-9,18-19,24H,2-3,10-17H2,1H3. The number of rotatable bonds is 7. The molecule has 8 heteroatoms. The predicted octanol–water partition coefficient (Wildman–Crippen LogP) is 6.82. The molecule has 0 bridgehead atoms. The molecule has 3 heterocycles. The van der Waals surface area contributed by atoms with Crippen LogP contribution in [0.1, 0.15) is 47.3 Å². The van der Waals surface area contributed by atoms with Gasteiger partial charge in [-0.1, -0.05) is 35.3 Å². The molecule has 5 rings (SSSR count). The van der Waals surface area contributed by atoms with Crippen molar-refractivity contribution in [2.24, 2.45) is 0 Å². The summed E-state index contributed by atoms with van der Waals surface area (Å²) < 4.78 is 19.8. The van der Waals surface area contributed by atoms with Crippen molar-refractivity contribution in [2.45, 2.75) is 45.1 Å². The molecular weight excluding hydrogens is 524 g/mol. The van der Waals surface area contributed by atoms with Crippen LogP contribution in [0, 0.1) is 12.7 Å². The third-order valence-corrected chi connectivity index (χ3v) is 8.43. The Hall–Kier alpha value is -2.67. The van der Waals surface area contributed by atoms with Crippen molar-refractivity contribution in [1.29, 1.82) is 0 Å². The first-order chi connectivity index (χ1) is 18.4. The molecule has 3 aromatic rings. The van der Waals surface area contributed by atoms with Gasteiger partial charge in [0.05, 0.1) is 17.3 Å². The number of aromatic nitrogens is 1. The lowest BCUT2D eigenvalue weighted by Gasteiger charge is -2.36. The van der Waals surface area contributed by atoms with Gasteiger partial charge >= 0.3 is 0 Å². The summed E-state index contributed by atoms with van der Waals surface area (Å²) in [7, 11) is 0. The largest absolute Gasteiger partial charge is 0.491 e. The highest BCUT2D eigenvalue weighted by Gasteiger charge is 2.28. The van der Waals surface area contributed by atoms with Gasteiger partial charge in [0, 0.05) is 47.9 Å². The lowest BCUT2D eigenvalue weighted by atomic mass is 10.0. The number of carbonyl (C=O) groups excluding carboxylic acids is 1. The lowest BCUT2D eigenvalue weighted by Crippen LogP contribution is -2.45. The molecule has 200 valence electrons. The zero-order valence-electron chi connectivity index (χ0n) is 21.6. The molecule has 2 aromatic carbocycles. The first-order valence-corrected chi connectivity index (χ1v) is 14.0. The highest BCUT2D eigenvalue weighted by atomic mass is 35.5. The number of hydrogen-bond donors (Lipinski definition) is 0. The lowest BCUT2D eigenvalue weighted by molar-refractivity contribution is 0.0644. The Kier molecular flexibility index (Phi) is 8.51. The van der Waals surface area contributed by atoms with Gasteiger partial charge in [0.2, 0.25) is 0 Å². The maximum atomic E-state index is 13.8. The van der Waals surface area contributed by atoms with Crippen molar-refractivity contribution < 1.29 is 13.9 Å². The number of piperidine rings is 1. The van der Waals surface area contributed by atoms with Crippen LogP contribution in [-0.2, 0) is 6.42 Å². The normalized spacial score (nSPS) is 16.7. The van der Waals surface area contributed by atoms with Crippen molar-refractivity contribution >= 4 is 29.1 Å². The summed E-state index contributed by atoms with van der Waals surface area (Å²) in [4.78, 5) is 22.2. The van der Waals surface area contributed by atoms with Gasteiger partial charge in [0.15, 0.2) is 0 Å². The van der Waals surface area contributed by atoms with Crippen molar-refractivity contribution in [2.75, 3.05) is 32.8 Å². The van der Waals surface area contributed by atoms with Crippen LogP contribution in [0.25, 0.3) is 11.1 Å². The number of carbonyl (C=O) groups is 1. The molecule has 2 saturated heterocycles. The monoisotopic (exact) mass is 555 g/mol. The summed E-state index contributed by atoms with van der Waals surface area (Å²) in [6, 6.07) is 13.0. The van der Waals surface area contributed by atoms with Crippen LogP contribution >= 0.6 is 23.2 Å². The first-order valence-electron chi connectivity index (χ1n) is 13.3. The van der Waals surface area contributed by atoms with E-state index in [2.05, 4.69) is 9.88 Å². The van der Waals surface area contributed by atoms with Gasteiger partial charge in [-0.05, 0) is 87.2 Å². The molecule has 0 N–H and O–H groups in total. The predicted molar refractivity (Wildman–Crippen MR) is 150 cm³/mol. The Morgan fingerprint density at radius 3 is 2.45 bits per heavy atom. The van der Waals surface area contributed by atoms with Crippen LogP contribution in [0.5, 0.6) is 5.75 Å². The van der Waals surface area contributed by atoms with E-state index in [1.165, 1.54) is 38.1 Å². The molecule has 0 unspecified atom stereocenters. The summed E-state index contributed by atoms with van der Waals surface area (Å²) in [5.41, 5.74) is 3.81. The Morgan fingerprint density at radius 2 is 1.74 bits per heavy atom. The molecule has 1 amide bonds. The maximum Gasteiger partial charge on any atom is 0.253 e. The van der Waals surface area contributed by atoms with Gasteiger partial charge in [0.1, 0.15) is 11.6 Å². The molecule has 0 aliphatic carbocycles. The van der Waals surface area contributed by atoms with Crippen LogP contribution < -0.4 is 4.74 Å². The number of aryl methyl sites for hydroxylation is 1. The fourth-order valence-electron chi connectivity index (χ4n) is 5.41. The van der Waals surface area contributed by atoms with E-state index in [4.69, 9.17) is 27.9 Å². The van der Waals surface area contributed by atoms with E-state index in [1.54, 1.807) is 6.20 Å². The van der Waals surface area contributed by atoms with E-state index in [0.717, 1.165) is 42.8 Å². The number of likely N-dealkylation sites (tertiary alicyclic amines) is 2. The fraction of sp³-hybridized carbons (Fsp3) is 0.400. The van der Waals surface area contributed by atoms with Gasteiger partial charge in [-0.2, -0.15) is 0 Å². The van der Waals surface area contributed by atoms with Crippen molar-refractivity contribution in [1.82, 2.24) is 14.8 Å². The molecule has 38 heavy (non-hydrogen) atoms. The second-order valence-corrected chi connectivity index (χ2v) is 10.9. The number of ether oxygens (including phenoxy) is 1. The second kappa shape index (κ2) is 12.0. The quantitative estimate of drug-likeness (QED) is 0.300. The average molecular weight is 557 g/mol. The number of hydrogen-bond acceptors (Lipinski definition) is 4. The fourth-order valence-corrected chi connectivity index (χ4v) is 5.97. The summed E-state index contributed by atoms with van der Waals surface area (Å²) in [5, 5.41) is 0.435. The minimum atomic E-state index is -0.501. The Morgan fingerprint density at radius 1 is 1.03 bits per heavy atom. The van der Waals surface area contributed by atoms with E-state index in [-0.39, 0.29) is 17.5 Å². The minimum absolute atomic E-state index is 0.0234. The van der Waals surface area contributed by atoms with Crippen LogP contribution in [0.2, 0.25) is 10.0 Å². The first kappa shape index (κ1) is 26.9. The number of amides is 1. The van der Waals surface area contributed by atoms with E-state index in [9.17, 15) is 9.18 Å². The Labute approximate surface area is 233 Å². The van der Waals surface area contributed by atoms with Crippen molar-refractivity contribution in [3.8, 4) is 16.9 Å². The smallest absolute Gasteiger partial charge is 0.253 e. The maximum absolute atomic E-state index is 13.8. The molecule has 2 aliphatic heterocycles. The molecule has 2 fully saturated rings. The summed E-state index contributed by atoms with van der Waals surface area (Å²) in [6.45, 7) is 6.19. The molecule has 0 atom stereocenters. The molecule has 1 aromatic heterocycles. The second-order valence-electron chi connectivity index (χ2n) is 10.1. The third-order valence-electron chi connectivity index (χ3n) is 7.66. The van der Waals surface area contributed by atoms with Crippen molar-refractivity contribution in [3.05, 3.63) is 81.3 Å². The molecule has 0 saturated carbocycles. The van der Waals surface area contributed by atoms with E-state index in [1.807, 2.05) is 42.2 Å². The van der Waals surface area contributed by atoms with Gasteiger partial charge in [-0.25, -0.2) is 4.39 Å². The van der Waals surface area contributed by atoms with Gasteiger partial charge in [-0.3, -0.25) is 9.78 Å². The summed E-state index contributed by atoms with van der Waals surface area (Å²) in [5.74, 6) is 0.226. The molecule has 5 nitrogen and oxygen atoms in total. The number of nitrogens with zero attached hydrogens (tertiary/aromatic N) is 3. The van der Waals surface area contributed by atoms with Gasteiger partial charge < -0.3 is 14.5 Å². The highest BCUT2D eigenvalue weighted by Crippen LogP contribution is 2.30. The number of benzene rings is 2. The van der Waals surface area contributed by atoms with Crippen LogP contribution in [-0.4, -0.2) is 59.5 Å². The molecule has 0 spiro atoms. The number of halogens is 3.